The molecule has 1 saturated carbocycles. The fourth-order valence-electron chi connectivity index (χ4n) is 2.39. The molecule has 2 heteroatoms. The molecule has 1 heterocycles. The van der Waals surface area contributed by atoms with Crippen LogP contribution in [0.1, 0.15) is 31.2 Å². The third-order valence-electron chi connectivity index (χ3n) is 3.34. The highest BCUT2D eigenvalue weighted by Gasteiger charge is 2.58. The SMILES string of the molecule is c1ccc(CO[C@]23CCCC[C@@H]2O3)cc1. The summed E-state index contributed by atoms with van der Waals surface area (Å²) in [6.45, 7) is 0.678. The van der Waals surface area contributed by atoms with Gasteiger partial charge in [-0.05, 0) is 18.4 Å². The van der Waals surface area contributed by atoms with Crippen LogP contribution in [-0.4, -0.2) is 11.9 Å². The van der Waals surface area contributed by atoms with Gasteiger partial charge in [0.1, 0.15) is 6.10 Å². The van der Waals surface area contributed by atoms with Gasteiger partial charge in [-0.2, -0.15) is 0 Å². The summed E-state index contributed by atoms with van der Waals surface area (Å²) in [5.41, 5.74) is 1.23. The van der Waals surface area contributed by atoms with Crippen molar-refractivity contribution in [2.75, 3.05) is 0 Å². The standard InChI is InChI=1S/C13H16O2/c1-2-6-11(7-3-1)10-14-13-9-5-4-8-12(13)15-13/h1-3,6-7,12H,4-5,8-10H2/t12-,13-/m0/s1. The summed E-state index contributed by atoms with van der Waals surface area (Å²) < 4.78 is 11.6. The van der Waals surface area contributed by atoms with Crippen molar-refractivity contribution in [3.63, 3.8) is 0 Å². The first-order valence-corrected chi connectivity index (χ1v) is 5.75. The molecule has 0 N–H and O–H groups in total. The van der Waals surface area contributed by atoms with Crippen molar-refractivity contribution in [3.8, 4) is 0 Å². The van der Waals surface area contributed by atoms with Gasteiger partial charge in [0.05, 0.1) is 6.61 Å². The Labute approximate surface area is 90.2 Å². The maximum absolute atomic E-state index is 5.91. The molecule has 2 nitrogen and oxygen atoms in total. The quantitative estimate of drug-likeness (QED) is 0.706. The van der Waals surface area contributed by atoms with E-state index in [2.05, 4.69) is 12.1 Å². The second-order valence-corrected chi connectivity index (χ2v) is 4.44. The van der Waals surface area contributed by atoms with Gasteiger partial charge < -0.3 is 9.47 Å². The molecule has 2 fully saturated rings. The lowest BCUT2D eigenvalue weighted by atomic mass is 9.98. The van der Waals surface area contributed by atoms with Crippen LogP contribution in [0.25, 0.3) is 0 Å². The molecule has 3 rings (SSSR count). The number of ether oxygens (including phenoxy) is 2. The van der Waals surface area contributed by atoms with Crippen molar-refractivity contribution in [1.29, 1.82) is 0 Å². The average molecular weight is 204 g/mol. The third kappa shape index (κ3) is 1.80. The fraction of sp³-hybridized carbons (Fsp3) is 0.538. The van der Waals surface area contributed by atoms with Crippen molar-refractivity contribution in [2.24, 2.45) is 0 Å². The molecule has 2 aliphatic rings. The van der Waals surface area contributed by atoms with E-state index in [1.807, 2.05) is 18.2 Å². The Kier molecular flexibility index (Phi) is 2.26. The van der Waals surface area contributed by atoms with E-state index in [1.165, 1.54) is 24.8 Å². The van der Waals surface area contributed by atoms with Crippen LogP contribution in [0.5, 0.6) is 0 Å². The first-order chi connectivity index (χ1) is 7.39. The van der Waals surface area contributed by atoms with Crippen molar-refractivity contribution in [3.05, 3.63) is 35.9 Å². The Morgan fingerprint density at radius 1 is 1.27 bits per heavy atom. The molecule has 0 radical (unpaired) electrons. The largest absolute Gasteiger partial charge is 0.343 e. The lowest BCUT2D eigenvalue weighted by Crippen LogP contribution is -2.22. The normalized spacial score (nSPS) is 33.5. The van der Waals surface area contributed by atoms with Crippen LogP contribution in [0.2, 0.25) is 0 Å². The third-order valence-corrected chi connectivity index (χ3v) is 3.34. The van der Waals surface area contributed by atoms with Gasteiger partial charge >= 0.3 is 0 Å². The first kappa shape index (κ1) is 9.37. The zero-order chi connectivity index (χ0) is 10.1. The fourth-order valence-corrected chi connectivity index (χ4v) is 2.39. The average Bonchev–Trinajstić information content (AvgIpc) is 3.03. The van der Waals surface area contributed by atoms with E-state index in [0.717, 1.165) is 6.42 Å². The highest BCUT2D eigenvalue weighted by atomic mass is 16.8. The van der Waals surface area contributed by atoms with E-state index >= 15 is 0 Å². The van der Waals surface area contributed by atoms with Crippen LogP contribution >= 0.6 is 0 Å². The Morgan fingerprint density at radius 3 is 2.93 bits per heavy atom. The van der Waals surface area contributed by atoms with Crippen LogP contribution in [0.15, 0.2) is 30.3 Å². The maximum Gasteiger partial charge on any atom is 0.195 e. The van der Waals surface area contributed by atoms with Gasteiger partial charge in [0, 0.05) is 6.42 Å². The van der Waals surface area contributed by atoms with E-state index in [1.54, 1.807) is 0 Å². The number of hydrogen-bond donors (Lipinski definition) is 0. The van der Waals surface area contributed by atoms with Crippen LogP contribution in [0.4, 0.5) is 0 Å². The minimum absolute atomic E-state index is 0.200. The van der Waals surface area contributed by atoms with Crippen molar-refractivity contribution in [2.45, 2.75) is 44.2 Å². The Hall–Kier alpha value is -0.860. The Morgan fingerprint density at radius 2 is 2.13 bits per heavy atom. The first-order valence-electron chi connectivity index (χ1n) is 5.75. The molecule has 0 amide bonds. The predicted molar refractivity (Wildman–Crippen MR) is 57.3 cm³/mol. The molecular formula is C13H16O2. The molecule has 1 aliphatic heterocycles. The highest BCUT2D eigenvalue weighted by molar-refractivity contribution is 5.14. The van der Waals surface area contributed by atoms with Gasteiger partial charge in [-0.3, -0.25) is 0 Å². The van der Waals surface area contributed by atoms with Gasteiger partial charge in [0.25, 0.3) is 0 Å². The van der Waals surface area contributed by atoms with Crippen LogP contribution < -0.4 is 0 Å². The van der Waals surface area contributed by atoms with Gasteiger partial charge in [-0.25, -0.2) is 0 Å². The lowest BCUT2D eigenvalue weighted by molar-refractivity contribution is -0.0626. The molecule has 2 atom stereocenters. The predicted octanol–water partition coefficient (Wildman–Crippen LogP) is 2.87. The van der Waals surface area contributed by atoms with Gasteiger partial charge in [0.15, 0.2) is 5.79 Å². The zero-order valence-corrected chi connectivity index (χ0v) is 8.82. The molecule has 1 aliphatic carbocycles. The topological polar surface area (TPSA) is 21.8 Å². The summed E-state index contributed by atoms with van der Waals surface area (Å²) in [5.74, 6) is -0.200. The smallest absolute Gasteiger partial charge is 0.195 e. The summed E-state index contributed by atoms with van der Waals surface area (Å²) >= 11 is 0. The van der Waals surface area contributed by atoms with E-state index in [-0.39, 0.29) is 5.79 Å². The molecular weight excluding hydrogens is 188 g/mol. The minimum atomic E-state index is -0.200. The van der Waals surface area contributed by atoms with Crippen LogP contribution in [0, 0.1) is 0 Å². The molecule has 1 saturated heterocycles. The van der Waals surface area contributed by atoms with Gasteiger partial charge in [-0.1, -0.05) is 36.8 Å². The van der Waals surface area contributed by atoms with E-state index in [4.69, 9.17) is 9.47 Å². The Balaban J connectivity index is 1.59. The molecule has 0 spiro atoms. The second kappa shape index (κ2) is 3.62. The van der Waals surface area contributed by atoms with Gasteiger partial charge in [-0.15, -0.1) is 0 Å². The molecule has 1 aromatic rings. The summed E-state index contributed by atoms with van der Waals surface area (Å²) in [6.07, 6.45) is 5.17. The second-order valence-electron chi connectivity index (χ2n) is 4.44. The van der Waals surface area contributed by atoms with Gasteiger partial charge in [0.2, 0.25) is 0 Å². The Bertz CT molecular complexity index is 336. The van der Waals surface area contributed by atoms with Crippen LogP contribution in [-0.2, 0) is 16.1 Å². The number of fused-ring (bicyclic) bond motifs is 1. The molecule has 0 bridgehead atoms. The molecule has 0 unspecified atom stereocenters. The van der Waals surface area contributed by atoms with E-state index in [0.29, 0.717) is 12.7 Å². The summed E-state index contributed by atoms with van der Waals surface area (Å²) in [5, 5.41) is 0. The summed E-state index contributed by atoms with van der Waals surface area (Å²) in [7, 11) is 0. The zero-order valence-electron chi connectivity index (χ0n) is 8.82. The minimum Gasteiger partial charge on any atom is -0.343 e. The molecule has 80 valence electrons. The van der Waals surface area contributed by atoms with E-state index in [9.17, 15) is 0 Å². The van der Waals surface area contributed by atoms with Crippen molar-refractivity contribution >= 4 is 0 Å². The number of hydrogen-bond acceptors (Lipinski definition) is 2. The summed E-state index contributed by atoms with van der Waals surface area (Å²) in [4.78, 5) is 0. The molecule has 0 aromatic heterocycles. The monoisotopic (exact) mass is 204 g/mol. The number of epoxide rings is 1. The van der Waals surface area contributed by atoms with Crippen LogP contribution in [0.3, 0.4) is 0 Å². The van der Waals surface area contributed by atoms with Crippen molar-refractivity contribution < 1.29 is 9.47 Å². The number of rotatable bonds is 3. The van der Waals surface area contributed by atoms with E-state index < -0.39 is 0 Å². The maximum atomic E-state index is 5.91. The molecule has 1 aromatic carbocycles. The van der Waals surface area contributed by atoms with Crippen molar-refractivity contribution in [1.82, 2.24) is 0 Å². The highest BCUT2D eigenvalue weighted by Crippen LogP contribution is 2.48. The molecule has 15 heavy (non-hydrogen) atoms. The summed E-state index contributed by atoms with van der Waals surface area (Å²) in [6, 6.07) is 10.3. The number of benzene rings is 1. The lowest BCUT2D eigenvalue weighted by Gasteiger charge is -2.17.